The van der Waals surface area contributed by atoms with Gasteiger partial charge in [-0.1, -0.05) is 24.3 Å². The molecule has 7 heteroatoms. The van der Waals surface area contributed by atoms with Crippen molar-refractivity contribution in [1.29, 1.82) is 0 Å². The number of halogens is 1. The van der Waals surface area contributed by atoms with Crippen molar-refractivity contribution in [2.75, 3.05) is 12.8 Å². The van der Waals surface area contributed by atoms with Crippen molar-refractivity contribution >= 4 is 16.0 Å². The highest BCUT2D eigenvalue weighted by Crippen LogP contribution is 2.09. The Kier molecular flexibility index (Phi) is 6.05. The molecule has 0 aliphatic rings. The van der Waals surface area contributed by atoms with Crippen molar-refractivity contribution < 1.29 is 22.3 Å². The molecule has 0 aliphatic heterocycles. The third kappa shape index (κ3) is 6.10. The lowest BCUT2D eigenvalue weighted by atomic mass is 10.1. The Bertz CT molecular complexity index is 786. The highest BCUT2D eigenvalue weighted by molar-refractivity contribution is 7.88. The number of rotatable bonds is 7. The van der Waals surface area contributed by atoms with E-state index in [9.17, 15) is 17.6 Å². The molecule has 0 atom stereocenters. The van der Waals surface area contributed by atoms with Crippen molar-refractivity contribution in [3.05, 3.63) is 71.0 Å². The van der Waals surface area contributed by atoms with Crippen molar-refractivity contribution in [1.82, 2.24) is 4.72 Å². The second kappa shape index (κ2) is 8.03. The Balaban J connectivity index is 1.85. The summed E-state index contributed by atoms with van der Waals surface area (Å²) >= 11 is 0. The van der Waals surface area contributed by atoms with Gasteiger partial charge in [0.25, 0.3) is 0 Å². The average Bonchev–Trinajstić information content (AvgIpc) is 2.53. The Morgan fingerprint density at radius 1 is 1.04 bits per heavy atom. The Labute approximate surface area is 140 Å². The van der Waals surface area contributed by atoms with Crippen molar-refractivity contribution in [3.63, 3.8) is 0 Å². The molecule has 0 fully saturated rings. The van der Waals surface area contributed by atoms with E-state index >= 15 is 0 Å². The van der Waals surface area contributed by atoms with Gasteiger partial charge in [-0.2, -0.15) is 0 Å². The molecule has 1 N–H and O–H groups in total. The van der Waals surface area contributed by atoms with Crippen LogP contribution in [0.4, 0.5) is 4.39 Å². The van der Waals surface area contributed by atoms with Crippen LogP contribution in [-0.2, 0) is 27.8 Å². The van der Waals surface area contributed by atoms with Crippen LogP contribution in [0.1, 0.15) is 21.5 Å². The fourth-order valence-corrected chi connectivity index (χ4v) is 2.47. The summed E-state index contributed by atoms with van der Waals surface area (Å²) in [5.41, 5.74) is 2.01. The zero-order valence-electron chi connectivity index (χ0n) is 13.2. The number of carbonyl (C=O) groups is 1. The van der Waals surface area contributed by atoms with Crippen LogP contribution in [-0.4, -0.2) is 27.2 Å². The first-order valence-corrected chi connectivity index (χ1v) is 9.18. The predicted molar refractivity (Wildman–Crippen MR) is 88.5 cm³/mol. The molecule has 0 saturated carbocycles. The van der Waals surface area contributed by atoms with Crippen molar-refractivity contribution in [3.8, 4) is 0 Å². The summed E-state index contributed by atoms with van der Waals surface area (Å²) in [5.74, 6) is -0.814. The number of nitrogens with one attached hydrogen (secondary N) is 1. The summed E-state index contributed by atoms with van der Waals surface area (Å²) < 4.78 is 42.3. The van der Waals surface area contributed by atoms with Gasteiger partial charge in [-0.05, 0) is 41.8 Å². The van der Waals surface area contributed by atoms with E-state index in [4.69, 9.17) is 4.74 Å². The van der Waals surface area contributed by atoms with Gasteiger partial charge in [0.2, 0.25) is 10.0 Å². The van der Waals surface area contributed by atoms with Crippen molar-refractivity contribution in [2.24, 2.45) is 0 Å². The first-order valence-electron chi connectivity index (χ1n) is 7.29. The van der Waals surface area contributed by atoms with Gasteiger partial charge in [-0.25, -0.2) is 22.3 Å². The van der Waals surface area contributed by atoms with E-state index in [1.165, 1.54) is 12.1 Å². The first kappa shape index (κ1) is 18.1. The third-order valence-electron chi connectivity index (χ3n) is 3.25. The largest absolute Gasteiger partial charge is 0.457 e. The Morgan fingerprint density at radius 2 is 1.62 bits per heavy atom. The number of esters is 1. The summed E-state index contributed by atoms with van der Waals surface area (Å²) in [6.07, 6.45) is 1.63. The lowest BCUT2D eigenvalue weighted by Gasteiger charge is -2.06. The molecule has 0 unspecified atom stereocenters. The molecule has 24 heavy (non-hydrogen) atoms. The van der Waals surface area contributed by atoms with E-state index in [2.05, 4.69) is 4.72 Å². The van der Waals surface area contributed by atoms with E-state index in [0.717, 1.165) is 11.8 Å². The summed E-state index contributed by atoms with van der Waals surface area (Å²) in [7, 11) is -3.20. The Hall–Kier alpha value is -2.25. The number of carbonyl (C=O) groups excluding carboxylic acids is 1. The van der Waals surface area contributed by atoms with Crippen LogP contribution in [0.2, 0.25) is 0 Å². The molecule has 0 amide bonds. The zero-order valence-corrected chi connectivity index (χ0v) is 14.0. The molecule has 5 nitrogen and oxygen atoms in total. The fourth-order valence-electron chi connectivity index (χ4n) is 2.00. The molecule has 0 aromatic heterocycles. The minimum absolute atomic E-state index is 0.0686. The first-order chi connectivity index (χ1) is 11.3. The maximum atomic E-state index is 12.8. The summed E-state index contributed by atoms with van der Waals surface area (Å²) in [6.45, 7) is 0.367. The topological polar surface area (TPSA) is 72.5 Å². The van der Waals surface area contributed by atoms with E-state index in [-0.39, 0.29) is 12.4 Å². The van der Waals surface area contributed by atoms with Crippen LogP contribution in [0.25, 0.3) is 0 Å². The van der Waals surface area contributed by atoms with Gasteiger partial charge in [0, 0.05) is 6.54 Å². The van der Waals surface area contributed by atoms with E-state index in [1.54, 1.807) is 36.4 Å². The van der Waals surface area contributed by atoms with E-state index < -0.39 is 16.0 Å². The average molecular weight is 351 g/mol. The second-order valence-corrected chi connectivity index (χ2v) is 7.15. The minimum Gasteiger partial charge on any atom is -0.457 e. The molecule has 0 radical (unpaired) electrons. The number of hydrogen-bond donors (Lipinski definition) is 1. The molecule has 0 bridgehead atoms. The van der Waals surface area contributed by atoms with E-state index in [1.807, 2.05) is 0 Å². The molecule has 0 heterocycles. The minimum atomic E-state index is -3.20. The molecule has 0 aliphatic carbocycles. The highest BCUT2D eigenvalue weighted by atomic mass is 32.2. The molecular formula is C17H18FNO4S. The summed E-state index contributed by atoms with van der Waals surface area (Å²) in [5, 5.41) is 0. The molecule has 2 aromatic carbocycles. The quantitative estimate of drug-likeness (QED) is 0.777. The van der Waals surface area contributed by atoms with Crippen LogP contribution in [0.15, 0.2) is 48.5 Å². The lowest BCUT2D eigenvalue weighted by Crippen LogP contribution is -2.24. The van der Waals surface area contributed by atoms with Gasteiger partial charge in [-0.15, -0.1) is 0 Å². The van der Waals surface area contributed by atoms with Gasteiger partial charge < -0.3 is 4.74 Å². The van der Waals surface area contributed by atoms with Gasteiger partial charge >= 0.3 is 5.97 Å². The van der Waals surface area contributed by atoms with Crippen LogP contribution < -0.4 is 4.72 Å². The summed E-state index contributed by atoms with van der Waals surface area (Å²) in [6, 6.07) is 12.5. The molecule has 0 saturated heterocycles. The maximum absolute atomic E-state index is 12.8. The van der Waals surface area contributed by atoms with Gasteiger partial charge in [-0.3, -0.25) is 0 Å². The molecule has 0 spiro atoms. The zero-order chi connectivity index (χ0) is 17.6. The highest BCUT2D eigenvalue weighted by Gasteiger charge is 2.08. The van der Waals surface area contributed by atoms with Crippen LogP contribution in [0.3, 0.4) is 0 Å². The van der Waals surface area contributed by atoms with Crippen LogP contribution in [0.5, 0.6) is 0 Å². The fraction of sp³-hybridized carbons (Fsp3) is 0.235. The maximum Gasteiger partial charge on any atom is 0.338 e. The van der Waals surface area contributed by atoms with Crippen LogP contribution >= 0.6 is 0 Å². The SMILES string of the molecule is CS(=O)(=O)NCCc1ccc(C(=O)OCc2ccc(F)cc2)cc1. The number of benzene rings is 2. The van der Waals surface area contributed by atoms with Crippen molar-refractivity contribution in [2.45, 2.75) is 13.0 Å². The predicted octanol–water partition coefficient (Wildman–Crippen LogP) is 2.27. The van der Waals surface area contributed by atoms with E-state index in [0.29, 0.717) is 24.1 Å². The van der Waals surface area contributed by atoms with Gasteiger partial charge in [0.1, 0.15) is 12.4 Å². The standard InChI is InChI=1S/C17H18FNO4S/c1-24(21,22)19-11-10-13-2-6-15(7-3-13)17(20)23-12-14-4-8-16(18)9-5-14/h2-9,19H,10-12H2,1H3. The number of ether oxygens (including phenoxy) is 1. The Morgan fingerprint density at radius 3 is 2.21 bits per heavy atom. The van der Waals surface area contributed by atoms with Crippen LogP contribution in [0, 0.1) is 5.82 Å². The number of hydrogen-bond acceptors (Lipinski definition) is 4. The summed E-state index contributed by atoms with van der Waals surface area (Å²) in [4.78, 5) is 12.0. The normalized spacial score (nSPS) is 11.2. The molecular weight excluding hydrogens is 333 g/mol. The molecule has 128 valence electrons. The van der Waals surface area contributed by atoms with Gasteiger partial charge in [0.15, 0.2) is 0 Å². The second-order valence-electron chi connectivity index (χ2n) is 5.32. The third-order valence-corrected chi connectivity index (χ3v) is 3.98. The monoisotopic (exact) mass is 351 g/mol. The van der Waals surface area contributed by atoms with Gasteiger partial charge in [0.05, 0.1) is 11.8 Å². The molecule has 2 aromatic rings. The molecule has 2 rings (SSSR count). The number of sulfonamides is 1. The lowest BCUT2D eigenvalue weighted by molar-refractivity contribution is 0.0472. The smallest absolute Gasteiger partial charge is 0.338 e.